The van der Waals surface area contributed by atoms with Crippen LogP contribution in [0.3, 0.4) is 0 Å². The molecule has 0 aromatic heterocycles. The number of thioether (sulfide) groups is 1. The molecule has 5 heteroatoms. The summed E-state index contributed by atoms with van der Waals surface area (Å²) in [4.78, 5) is 10.6. The molecule has 0 aliphatic rings. The van der Waals surface area contributed by atoms with Crippen molar-refractivity contribution in [3.63, 3.8) is 0 Å². The van der Waals surface area contributed by atoms with Crippen LogP contribution >= 0.6 is 11.8 Å². The van der Waals surface area contributed by atoms with Gasteiger partial charge in [0.2, 0.25) is 0 Å². The molecule has 0 spiro atoms. The Morgan fingerprint density at radius 1 is 1.53 bits per heavy atom. The summed E-state index contributed by atoms with van der Waals surface area (Å²) in [7, 11) is 0. The van der Waals surface area contributed by atoms with Crippen molar-refractivity contribution in [1.82, 2.24) is 0 Å². The monoisotopic (exact) mass is 258 g/mol. The molecule has 0 bridgehead atoms. The first-order chi connectivity index (χ1) is 8.15. The highest BCUT2D eigenvalue weighted by atomic mass is 32.2. The predicted octanol–water partition coefficient (Wildman–Crippen LogP) is 3.05. The fourth-order valence-electron chi connectivity index (χ4n) is 1.25. The van der Waals surface area contributed by atoms with E-state index in [1.54, 1.807) is 0 Å². The molecule has 0 atom stereocenters. The Kier molecular flexibility index (Phi) is 5.83. The molecule has 0 saturated heterocycles. The Bertz CT molecular complexity index is 382. The Morgan fingerprint density at radius 3 is 2.88 bits per heavy atom. The third-order valence-electron chi connectivity index (χ3n) is 2.08. The third kappa shape index (κ3) is 4.65. The molecule has 0 aliphatic carbocycles. The van der Waals surface area contributed by atoms with Gasteiger partial charge in [-0.1, -0.05) is 6.92 Å². The fraction of sp³-hybridized carbons (Fsp3) is 0.417. The van der Waals surface area contributed by atoms with Gasteiger partial charge in [-0.05, 0) is 30.1 Å². The standard InChI is InChI=1S/C12H15FO3S/c1-2-17-7-3-6-16-9-4-5-10(12(14)15)11(13)8-9/h4-5,8H,2-3,6-7H2,1H3,(H,14,15). The van der Waals surface area contributed by atoms with E-state index < -0.39 is 11.8 Å². The number of carboxylic acids is 1. The van der Waals surface area contributed by atoms with Gasteiger partial charge in [0, 0.05) is 6.07 Å². The third-order valence-corrected chi connectivity index (χ3v) is 3.06. The van der Waals surface area contributed by atoms with Gasteiger partial charge in [0.15, 0.2) is 0 Å². The van der Waals surface area contributed by atoms with E-state index in [1.807, 2.05) is 11.8 Å². The van der Waals surface area contributed by atoms with Crippen LogP contribution in [0.5, 0.6) is 5.75 Å². The van der Waals surface area contributed by atoms with Crippen molar-refractivity contribution in [3.05, 3.63) is 29.6 Å². The lowest BCUT2D eigenvalue weighted by molar-refractivity contribution is 0.0692. The van der Waals surface area contributed by atoms with Gasteiger partial charge < -0.3 is 9.84 Å². The van der Waals surface area contributed by atoms with E-state index >= 15 is 0 Å². The topological polar surface area (TPSA) is 46.5 Å². The molecule has 0 aliphatic heterocycles. The van der Waals surface area contributed by atoms with E-state index in [0.29, 0.717) is 12.4 Å². The van der Waals surface area contributed by atoms with E-state index in [0.717, 1.165) is 24.0 Å². The minimum atomic E-state index is -1.27. The summed E-state index contributed by atoms with van der Waals surface area (Å²) in [5.41, 5.74) is -0.334. The second kappa shape index (κ2) is 7.17. The van der Waals surface area contributed by atoms with Crippen LogP contribution in [0.1, 0.15) is 23.7 Å². The molecule has 0 amide bonds. The first kappa shape index (κ1) is 13.8. The molecule has 0 fully saturated rings. The van der Waals surface area contributed by atoms with Gasteiger partial charge in [0.1, 0.15) is 11.6 Å². The van der Waals surface area contributed by atoms with Crippen LogP contribution in [0.2, 0.25) is 0 Å². The van der Waals surface area contributed by atoms with Crippen molar-refractivity contribution < 1.29 is 19.0 Å². The maximum absolute atomic E-state index is 13.3. The predicted molar refractivity (Wildman–Crippen MR) is 66.5 cm³/mol. The van der Waals surface area contributed by atoms with Gasteiger partial charge in [-0.2, -0.15) is 11.8 Å². The van der Waals surface area contributed by atoms with Crippen molar-refractivity contribution in [3.8, 4) is 5.75 Å². The number of halogens is 1. The zero-order chi connectivity index (χ0) is 12.7. The second-order valence-electron chi connectivity index (χ2n) is 3.35. The van der Waals surface area contributed by atoms with Gasteiger partial charge >= 0.3 is 5.97 Å². The minimum absolute atomic E-state index is 0.334. The van der Waals surface area contributed by atoms with Crippen LogP contribution < -0.4 is 4.74 Å². The molecule has 0 unspecified atom stereocenters. The van der Waals surface area contributed by atoms with E-state index in [4.69, 9.17) is 9.84 Å². The van der Waals surface area contributed by atoms with Crippen LogP contribution in [-0.4, -0.2) is 29.2 Å². The molecule has 1 aromatic carbocycles. The van der Waals surface area contributed by atoms with E-state index in [2.05, 4.69) is 6.92 Å². The first-order valence-electron chi connectivity index (χ1n) is 5.38. The van der Waals surface area contributed by atoms with Crippen molar-refractivity contribution in [2.24, 2.45) is 0 Å². The number of ether oxygens (including phenoxy) is 1. The number of rotatable bonds is 7. The van der Waals surface area contributed by atoms with Gasteiger partial charge in [-0.25, -0.2) is 9.18 Å². The van der Waals surface area contributed by atoms with Crippen LogP contribution in [0.4, 0.5) is 4.39 Å². The Balaban J connectivity index is 2.45. The van der Waals surface area contributed by atoms with Gasteiger partial charge in [0.05, 0.1) is 12.2 Å². The number of carbonyl (C=O) groups is 1. The lowest BCUT2D eigenvalue weighted by Gasteiger charge is -2.06. The van der Waals surface area contributed by atoms with Crippen molar-refractivity contribution >= 4 is 17.7 Å². The summed E-state index contributed by atoms with van der Waals surface area (Å²) in [6.45, 7) is 2.60. The first-order valence-corrected chi connectivity index (χ1v) is 6.54. The quantitative estimate of drug-likeness (QED) is 0.764. The zero-order valence-electron chi connectivity index (χ0n) is 9.61. The molecule has 1 rings (SSSR count). The molecule has 1 aromatic rings. The average Bonchev–Trinajstić information content (AvgIpc) is 2.28. The highest BCUT2D eigenvalue weighted by molar-refractivity contribution is 7.99. The molecule has 1 N–H and O–H groups in total. The number of carboxylic acid groups (broad SMARTS) is 1. The Morgan fingerprint density at radius 2 is 2.29 bits per heavy atom. The van der Waals surface area contributed by atoms with E-state index in [-0.39, 0.29) is 5.56 Å². The molecular formula is C12H15FO3S. The van der Waals surface area contributed by atoms with E-state index in [9.17, 15) is 9.18 Å². The van der Waals surface area contributed by atoms with Gasteiger partial charge in [-0.3, -0.25) is 0 Å². The number of benzene rings is 1. The van der Waals surface area contributed by atoms with Crippen molar-refractivity contribution in [1.29, 1.82) is 0 Å². The van der Waals surface area contributed by atoms with Crippen molar-refractivity contribution in [2.75, 3.05) is 18.1 Å². The second-order valence-corrected chi connectivity index (χ2v) is 4.74. The molecule has 17 heavy (non-hydrogen) atoms. The molecule has 94 valence electrons. The minimum Gasteiger partial charge on any atom is -0.493 e. The summed E-state index contributed by atoms with van der Waals surface area (Å²) in [6.07, 6.45) is 0.890. The number of aromatic carboxylic acids is 1. The molecular weight excluding hydrogens is 243 g/mol. The number of hydrogen-bond acceptors (Lipinski definition) is 3. The lowest BCUT2D eigenvalue weighted by Crippen LogP contribution is -2.03. The highest BCUT2D eigenvalue weighted by Gasteiger charge is 2.10. The van der Waals surface area contributed by atoms with Crippen molar-refractivity contribution in [2.45, 2.75) is 13.3 Å². The van der Waals surface area contributed by atoms with Crippen LogP contribution in [0.15, 0.2) is 18.2 Å². The summed E-state index contributed by atoms with van der Waals surface area (Å²) in [6, 6.07) is 3.80. The fourth-order valence-corrected chi connectivity index (χ4v) is 1.87. The lowest BCUT2D eigenvalue weighted by atomic mass is 10.2. The molecule has 0 saturated carbocycles. The highest BCUT2D eigenvalue weighted by Crippen LogP contribution is 2.17. The molecule has 3 nitrogen and oxygen atoms in total. The summed E-state index contributed by atoms with van der Waals surface area (Å²) in [5.74, 6) is 0.411. The van der Waals surface area contributed by atoms with Crippen LogP contribution in [0, 0.1) is 5.82 Å². The normalized spacial score (nSPS) is 10.2. The molecule has 0 heterocycles. The zero-order valence-corrected chi connectivity index (χ0v) is 10.4. The maximum Gasteiger partial charge on any atom is 0.338 e. The maximum atomic E-state index is 13.3. The van der Waals surface area contributed by atoms with E-state index in [1.165, 1.54) is 12.1 Å². The SMILES string of the molecule is CCSCCCOc1ccc(C(=O)O)c(F)c1. The smallest absolute Gasteiger partial charge is 0.338 e. The summed E-state index contributed by atoms with van der Waals surface area (Å²) < 4.78 is 18.6. The summed E-state index contributed by atoms with van der Waals surface area (Å²) >= 11 is 1.82. The largest absolute Gasteiger partial charge is 0.493 e. The van der Waals surface area contributed by atoms with Gasteiger partial charge in [0.25, 0.3) is 0 Å². The average molecular weight is 258 g/mol. The Hall–Kier alpha value is -1.23. The summed E-state index contributed by atoms with van der Waals surface area (Å²) in [5, 5.41) is 8.65. The van der Waals surface area contributed by atoms with Crippen LogP contribution in [-0.2, 0) is 0 Å². The number of hydrogen-bond donors (Lipinski definition) is 1. The Labute approximate surface area is 104 Å². The molecule has 0 radical (unpaired) electrons. The van der Waals surface area contributed by atoms with Crippen LogP contribution in [0.25, 0.3) is 0 Å². The van der Waals surface area contributed by atoms with Gasteiger partial charge in [-0.15, -0.1) is 0 Å².